The summed E-state index contributed by atoms with van der Waals surface area (Å²) in [6, 6.07) is 10.2. The van der Waals surface area contributed by atoms with Crippen LogP contribution in [0.5, 0.6) is 0 Å². The van der Waals surface area contributed by atoms with Crippen LogP contribution in [0.3, 0.4) is 0 Å². The van der Waals surface area contributed by atoms with E-state index in [2.05, 4.69) is 27.9 Å². The lowest BCUT2D eigenvalue weighted by Crippen LogP contribution is -2.14. The predicted octanol–water partition coefficient (Wildman–Crippen LogP) is 4.07. The van der Waals surface area contributed by atoms with Crippen molar-refractivity contribution in [1.29, 1.82) is 0 Å². The van der Waals surface area contributed by atoms with Crippen LogP contribution in [0.2, 0.25) is 0 Å². The lowest BCUT2D eigenvalue weighted by atomic mass is 10.1. The van der Waals surface area contributed by atoms with E-state index in [0.717, 1.165) is 9.13 Å². The number of nitrogens with one attached hydrogen (secondary N) is 1. The Morgan fingerprint density at radius 3 is 2.52 bits per heavy atom. The first-order chi connectivity index (χ1) is 9.90. The van der Waals surface area contributed by atoms with Crippen LogP contribution < -0.4 is 5.32 Å². The van der Waals surface area contributed by atoms with Gasteiger partial charge < -0.3 is 5.32 Å². The molecule has 0 radical (unpaired) electrons. The summed E-state index contributed by atoms with van der Waals surface area (Å²) in [7, 11) is 0. The lowest BCUT2D eigenvalue weighted by molar-refractivity contribution is -0.385. The Balaban J connectivity index is 2.35. The predicted molar refractivity (Wildman–Crippen MR) is 89.7 cm³/mol. The topological polar surface area (TPSA) is 72.2 Å². The number of anilines is 1. The van der Waals surface area contributed by atoms with Crippen molar-refractivity contribution in [2.75, 3.05) is 5.32 Å². The largest absolute Gasteiger partial charge is 0.322 e. The van der Waals surface area contributed by atoms with Crippen LogP contribution in [0.15, 0.2) is 36.4 Å². The van der Waals surface area contributed by atoms with Crippen molar-refractivity contribution >= 4 is 39.9 Å². The minimum atomic E-state index is -0.525. The summed E-state index contributed by atoms with van der Waals surface area (Å²) in [6.45, 7) is 3.59. The normalized spacial score (nSPS) is 10.2. The van der Waals surface area contributed by atoms with Crippen LogP contribution in [0.1, 0.15) is 21.5 Å². The molecule has 0 saturated carbocycles. The van der Waals surface area contributed by atoms with Crippen molar-refractivity contribution in [3.05, 3.63) is 66.8 Å². The van der Waals surface area contributed by atoms with E-state index in [9.17, 15) is 14.9 Å². The summed E-state index contributed by atoms with van der Waals surface area (Å²) in [5.41, 5.74) is 2.10. The molecular weight excluding hydrogens is 383 g/mol. The highest BCUT2D eigenvalue weighted by molar-refractivity contribution is 14.1. The summed E-state index contributed by atoms with van der Waals surface area (Å²) >= 11 is 2.17. The molecular formula is C15H13IN2O3. The Morgan fingerprint density at radius 2 is 1.90 bits per heavy atom. The zero-order valence-corrected chi connectivity index (χ0v) is 13.7. The summed E-state index contributed by atoms with van der Waals surface area (Å²) in [4.78, 5) is 22.9. The van der Waals surface area contributed by atoms with Gasteiger partial charge in [0.25, 0.3) is 11.6 Å². The first kappa shape index (κ1) is 15.4. The van der Waals surface area contributed by atoms with Gasteiger partial charge in [-0.3, -0.25) is 14.9 Å². The standard InChI is InChI=1S/C15H13IN2O3/c1-9-6-7-11(8-13(9)16)17-15(19)12-5-3-4-10(2)14(12)18(20)21/h3-8H,1-2H3,(H,17,19). The van der Waals surface area contributed by atoms with Gasteiger partial charge >= 0.3 is 0 Å². The molecule has 2 aromatic rings. The number of nitrogens with zero attached hydrogens (tertiary/aromatic N) is 1. The molecule has 108 valence electrons. The average Bonchev–Trinajstić information content (AvgIpc) is 2.42. The van der Waals surface area contributed by atoms with Gasteiger partial charge in [0.1, 0.15) is 5.56 Å². The Bertz CT molecular complexity index is 729. The van der Waals surface area contributed by atoms with Gasteiger partial charge in [0.05, 0.1) is 4.92 Å². The maximum absolute atomic E-state index is 12.3. The molecule has 2 rings (SSSR count). The van der Waals surface area contributed by atoms with E-state index in [0.29, 0.717) is 11.3 Å². The second kappa shape index (κ2) is 6.21. The first-order valence-electron chi connectivity index (χ1n) is 6.21. The molecule has 1 amide bonds. The smallest absolute Gasteiger partial charge is 0.285 e. The van der Waals surface area contributed by atoms with Crippen LogP contribution in [-0.2, 0) is 0 Å². The number of carbonyl (C=O) groups is 1. The Morgan fingerprint density at radius 1 is 1.19 bits per heavy atom. The molecule has 0 spiro atoms. The van der Waals surface area contributed by atoms with Gasteiger partial charge in [-0.2, -0.15) is 0 Å². The lowest BCUT2D eigenvalue weighted by Gasteiger charge is -2.08. The summed E-state index contributed by atoms with van der Waals surface area (Å²) in [6.07, 6.45) is 0. The fraction of sp³-hybridized carbons (Fsp3) is 0.133. The monoisotopic (exact) mass is 396 g/mol. The number of hydrogen-bond donors (Lipinski definition) is 1. The van der Waals surface area contributed by atoms with Gasteiger partial charge in [-0.05, 0) is 60.2 Å². The maximum atomic E-state index is 12.3. The number of halogens is 1. The number of hydrogen-bond acceptors (Lipinski definition) is 3. The summed E-state index contributed by atoms with van der Waals surface area (Å²) in [5.74, 6) is -0.481. The van der Waals surface area contributed by atoms with Crippen molar-refractivity contribution < 1.29 is 9.72 Å². The third-order valence-electron chi connectivity index (χ3n) is 3.09. The molecule has 0 aliphatic rings. The minimum Gasteiger partial charge on any atom is -0.322 e. The van der Waals surface area contributed by atoms with Gasteiger partial charge in [0.2, 0.25) is 0 Å². The van der Waals surface area contributed by atoms with Crippen molar-refractivity contribution in [3.8, 4) is 0 Å². The van der Waals surface area contributed by atoms with Crippen LogP contribution in [0, 0.1) is 27.5 Å². The molecule has 0 saturated heterocycles. The molecule has 0 fully saturated rings. The Labute approximate surface area is 135 Å². The summed E-state index contributed by atoms with van der Waals surface area (Å²) < 4.78 is 1.02. The molecule has 0 aliphatic heterocycles. The molecule has 0 atom stereocenters. The van der Waals surface area contributed by atoms with E-state index in [1.165, 1.54) is 6.07 Å². The van der Waals surface area contributed by atoms with Crippen LogP contribution in [0.4, 0.5) is 11.4 Å². The van der Waals surface area contributed by atoms with Gasteiger partial charge in [-0.25, -0.2) is 0 Å². The number of benzene rings is 2. The van der Waals surface area contributed by atoms with Gasteiger partial charge in [-0.1, -0.05) is 18.2 Å². The van der Waals surface area contributed by atoms with Gasteiger partial charge in [-0.15, -0.1) is 0 Å². The van der Waals surface area contributed by atoms with Crippen LogP contribution >= 0.6 is 22.6 Å². The van der Waals surface area contributed by atoms with Crippen LogP contribution in [-0.4, -0.2) is 10.8 Å². The Kier molecular flexibility index (Phi) is 4.56. The van der Waals surface area contributed by atoms with Crippen molar-refractivity contribution in [2.24, 2.45) is 0 Å². The molecule has 0 heterocycles. The van der Waals surface area contributed by atoms with Crippen molar-refractivity contribution in [1.82, 2.24) is 0 Å². The zero-order valence-electron chi connectivity index (χ0n) is 11.5. The number of nitro groups is 1. The number of nitro benzene ring substituents is 1. The quantitative estimate of drug-likeness (QED) is 0.483. The van der Waals surface area contributed by atoms with E-state index >= 15 is 0 Å². The number of rotatable bonds is 3. The highest BCUT2D eigenvalue weighted by Crippen LogP contribution is 2.24. The van der Waals surface area contributed by atoms with E-state index in [-0.39, 0.29) is 11.3 Å². The molecule has 6 heteroatoms. The maximum Gasteiger partial charge on any atom is 0.285 e. The number of aryl methyl sites for hydroxylation is 2. The number of para-hydroxylation sites is 1. The highest BCUT2D eigenvalue weighted by Gasteiger charge is 2.22. The van der Waals surface area contributed by atoms with E-state index in [1.54, 1.807) is 25.1 Å². The molecule has 0 bridgehead atoms. The third-order valence-corrected chi connectivity index (χ3v) is 4.26. The second-order valence-corrected chi connectivity index (χ2v) is 5.81. The summed E-state index contributed by atoms with van der Waals surface area (Å²) in [5, 5.41) is 13.8. The Hall–Kier alpha value is -1.96. The molecule has 1 N–H and O–H groups in total. The van der Waals surface area contributed by atoms with Gasteiger partial charge in [0.15, 0.2) is 0 Å². The fourth-order valence-electron chi connectivity index (χ4n) is 1.95. The molecule has 21 heavy (non-hydrogen) atoms. The molecule has 2 aromatic carbocycles. The number of carbonyl (C=O) groups excluding carboxylic acids is 1. The average molecular weight is 396 g/mol. The molecule has 0 unspecified atom stereocenters. The van der Waals surface area contributed by atoms with Crippen molar-refractivity contribution in [3.63, 3.8) is 0 Å². The van der Waals surface area contributed by atoms with Crippen molar-refractivity contribution in [2.45, 2.75) is 13.8 Å². The molecule has 5 nitrogen and oxygen atoms in total. The molecule has 0 aliphatic carbocycles. The van der Waals surface area contributed by atoms with E-state index in [4.69, 9.17) is 0 Å². The SMILES string of the molecule is Cc1ccc(NC(=O)c2cccc(C)c2[N+](=O)[O-])cc1I. The number of amides is 1. The second-order valence-electron chi connectivity index (χ2n) is 4.65. The van der Waals surface area contributed by atoms with Crippen LogP contribution in [0.25, 0.3) is 0 Å². The third kappa shape index (κ3) is 3.38. The zero-order chi connectivity index (χ0) is 15.6. The first-order valence-corrected chi connectivity index (χ1v) is 7.29. The highest BCUT2D eigenvalue weighted by atomic mass is 127. The van der Waals surface area contributed by atoms with Gasteiger partial charge in [0, 0.05) is 14.8 Å². The fourth-order valence-corrected chi connectivity index (χ4v) is 2.47. The molecule has 0 aromatic heterocycles. The van der Waals surface area contributed by atoms with E-state index < -0.39 is 10.8 Å². The van der Waals surface area contributed by atoms with E-state index in [1.807, 2.05) is 19.1 Å². The minimum absolute atomic E-state index is 0.0654.